The zero-order chi connectivity index (χ0) is 20.6. The standard InChI is InChI=1S/C19H26ClN3O3S2/c1-3-5-11-21-19(24)17-14-27-18(22-17)13-23(12-6-4-2)28(25,26)16-9-7-15(20)8-10-16/h7-10,14H,3-6,11-13H2,1-2H3,(H,21,24). The second-order valence-electron chi connectivity index (χ2n) is 6.38. The van der Waals surface area contributed by atoms with Crippen molar-refractivity contribution in [2.24, 2.45) is 0 Å². The predicted octanol–water partition coefficient (Wildman–Crippen LogP) is 4.32. The number of nitrogens with one attached hydrogen (secondary N) is 1. The van der Waals surface area contributed by atoms with Crippen LogP contribution in [0.5, 0.6) is 0 Å². The summed E-state index contributed by atoms with van der Waals surface area (Å²) in [6, 6.07) is 6.14. The molecule has 0 saturated heterocycles. The molecule has 1 heterocycles. The van der Waals surface area contributed by atoms with Crippen LogP contribution in [0.4, 0.5) is 0 Å². The first-order chi connectivity index (χ1) is 13.4. The van der Waals surface area contributed by atoms with Crippen molar-refractivity contribution in [1.29, 1.82) is 0 Å². The summed E-state index contributed by atoms with van der Waals surface area (Å²) in [5.41, 5.74) is 0.329. The number of carbonyl (C=O) groups is 1. The van der Waals surface area contributed by atoms with Crippen LogP contribution in [0.25, 0.3) is 0 Å². The Morgan fingerprint density at radius 1 is 1.18 bits per heavy atom. The molecular weight excluding hydrogens is 418 g/mol. The lowest BCUT2D eigenvalue weighted by molar-refractivity contribution is 0.0948. The molecule has 0 unspecified atom stereocenters. The third-order valence-corrected chi connectivity index (χ3v) is 7.07. The van der Waals surface area contributed by atoms with Crippen molar-refractivity contribution in [3.8, 4) is 0 Å². The lowest BCUT2D eigenvalue weighted by Gasteiger charge is -2.21. The molecule has 0 aliphatic carbocycles. The van der Waals surface area contributed by atoms with Gasteiger partial charge in [0, 0.05) is 23.5 Å². The van der Waals surface area contributed by atoms with Gasteiger partial charge in [0.1, 0.15) is 10.7 Å². The third-order valence-electron chi connectivity index (χ3n) is 4.12. The predicted molar refractivity (Wildman–Crippen MR) is 113 cm³/mol. The number of sulfonamides is 1. The molecule has 6 nitrogen and oxygen atoms in total. The van der Waals surface area contributed by atoms with Crippen molar-refractivity contribution in [1.82, 2.24) is 14.6 Å². The van der Waals surface area contributed by atoms with Gasteiger partial charge in [0.15, 0.2) is 0 Å². The van der Waals surface area contributed by atoms with Crippen LogP contribution in [0.3, 0.4) is 0 Å². The zero-order valence-corrected chi connectivity index (χ0v) is 18.5. The topological polar surface area (TPSA) is 79.4 Å². The first-order valence-corrected chi connectivity index (χ1v) is 12.1. The number of hydrogen-bond donors (Lipinski definition) is 1. The lowest BCUT2D eigenvalue weighted by atomic mass is 10.3. The van der Waals surface area contributed by atoms with E-state index >= 15 is 0 Å². The van der Waals surface area contributed by atoms with Crippen molar-refractivity contribution in [2.45, 2.75) is 51.0 Å². The summed E-state index contributed by atoms with van der Waals surface area (Å²) in [5, 5.41) is 5.57. The van der Waals surface area contributed by atoms with E-state index in [0.29, 0.717) is 28.8 Å². The number of carbonyl (C=O) groups excluding carboxylic acids is 1. The van der Waals surface area contributed by atoms with Crippen LogP contribution in [-0.2, 0) is 16.6 Å². The van der Waals surface area contributed by atoms with Gasteiger partial charge in [-0.15, -0.1) is 11.3 Å². The van der Waals surface area contributed by atoms with Gasteiger partial charge in [-0.25, -0.2) is 13.4 Å². The Hall–Kier alpha value is -1.48. The van der Waals surface area contributed by atoms with Crippen molar-refractivity contribution in [3.63, 3.8) is 0 Å². The van der Waals surface area contributed by atoms with E-state index in [1.807, 2.05) is 6.92 Å². The number of amides is 1. The molecule has 1 aromatic carbocycles. The molecule has 0 fully saturated rings. The average molecular weight is 444 g/mol. The summed E-state index contributed by atoms with van der Waals surface area (Å²) in [4.78, 5) is 16.7. The van der Waals surface area contributed by atoms with Gasteiger partial charge in [0.25, 0.3) is 5.91 Å². The molecule has 0 bridgehead atoms. The summed E-state index contributed by atoms with van der Waals surface area (Å²) in [6.45, 7) is 5.20. The maximum atomic E-state index is 13.0. The number of rotatable bonds is 11. The summed E-state index contributed by atoms with van der Waals surface area (Å²) >= 11 is 7.17. The molecule has 1 N–H and O–H groups in total. The zero-order valence-electron chi connectivity index (χ0n) is 16.2. The van der Waals surface area contributed by atoms with E-state index in [0.717, 1.165) is 25.7 Å². The number of nitrogens with zero attached hydrogens (tertiary/aromatic N) is 2. The molecule has 0 saturated carbocycles. The van der Waals surface area contributed by atoms with Gasteiger partial charge in [-0.1, -0.05) is 38.3 Å². The van der Waals surface area contributed by atoms with Gasteiger partial charge >= 0.3 is 0 Å². The van der Waals surface area contributed by atoms with Gasteiger partial charge in [0.05, 0.1) is 11.4 Å². The molecule has 0 spiro atoms. The number of aromatic nitrogens is 1. The molecule has 0 aliphatic rings. The van der Waals surface area contributed by atoms with Crippen molar-refractivity contribution >= 4 is 38.9 Å². The van der Waals surface area contributed by atoms with Crippen LogP contribution in [0.1, 0.15) is 55.0 Å². The van der Waals surface area contributed by atoms with E-state index in [1.165, 1.54) is 27.8 Å². The van der Waals surface area contributed by atoms with Crippen LogP contribution >= 0.6 is 22.9 Å². The fourth-order valence-electron chi connectivity index (χ4n) is 2.48. The van der Waals surface area contributed by atoms with Gasteiger partial charge in [-0.2, -0.15) is 4.31 Å². The second kappa shape index (κ2) is 10.9. The first-order valence-electron chi connectivity index (χ1n) is 9.36. The van der Waals surface area contributed by atoms with Gasteiger partial charge < -0.3 is 5.32 Å². The SMILES string of the molecule is CCCCNC(=O)c1csc(CN(CCCC)S(=O)(=O)c2ccc(Cl)cc2)n1. The fraction of sp³-hybridized carbons (Fsp3) is 0.474. The van der Waals surface area contributed by atoms with E-state index < -0.39 is 10.0 Å². The fourth-order valence-corrected chi connectivity index (χ4v) is 4.92. The van der Waals surface area contributed by atoms with E-state index in [-0.39, 0.29) is 17.3 Å². The number of benzene rings is 1. The minimum absolute atomic E-state index is 0.137. The van der Waals surface area contributed by atoms with E-state index in [2.05, 4.69) is 17.2 Å². The molecular formula is C19H26ClN3O3S2. The molecule has 1 amide bonds. The van der Waals surface area contributed by atoms with Crippen molar-refractivity contribution in [2.75, 3.05) is 13.1 Å². The van der Waals surface area contributed by atoms with Crippen molar-refractivity contribution in [3.05, 3.63) is 45.4 Å². The second-order valence-corrected chi connectivity index (χ2v) is 9.70. The highest BCUT2D eigenvalue weighted by Gasteiger charge is 2.25. The van der Waals surface area contributed by atoms with Crippen LogP contribution in [-0.4, -0.2) is 36.7 Å². The Labute approximate surface area is 176 Å². The smallest absolute Gasteiger partial charge is 0.270 e. The number of thiazole rings is 1. The van der Waals surface area contributed by atoms with Gasteiger partial charge in [0.2, 0.25) is 10.0 Å². The molecule has 154 valence electrons. The Balaban J connectivity index is 2.16. The van der Waals surface area contributed by atoms with Crippen LogP contribution in [0.15, 0.2) is 34.5 Å². The maximum absolute atomic E-state index is 13.0. The molecule has 0 aliphatic heterocycles. The minimum Gasteiger partial charge on any atom is -0.351 e. The monoisotopic (exact) mass is 443 g/mol. The normalized spacial score (nSPS) is 11.7. The van der Waals surface area contributed by atoms with Crippen molar-refractivity contribution < 1.29 is 13.2 Å². The lowest BCUT2D eigenvalue weighted by Crippen LogP contribution is -2.31. The molecule has 9 heteroatoms. The van der Waals surface area contributed by atoms with Gasteiger partial charge in [-0.05, 0) is 37.1 Å². The minimum atomic E-state index is -3.68. The highest BCUT2D eigenvalue weighted by Crippen LogP contribution is 2.22. The number of halogens is 1. The maximum Gasteiger partial charge on any atom is 0.270 e. The molecule has 0 radical (unpaired) electrons. The molecule has 28 heavy (non-hydrogen) atoms. The summed E-state index contributed by atoms with van der Waals surface area (Å²) in [7, 11) is -3.68. The van der Waals surface area contributed by atoms with Crippen LogP contribution in [0, 0.1) is 0 Å². The van der Waals surface area contributed by atoms with Crippen LogP contribution < -0.4 is 5.32 Å². The number of hydrogen-bond acceptors (Lipinski definition) is 5. The molecule has 0 atom stereocenters. The van der Waals surface area contributed by atoms with E-state index in [9.17, 15) is 13.2 Å². The quantitative estimate of drug-likeness (QED) is 0.524. The Bertz CT molecular complexity index is 867. The molecule has 2 aromatic rings. The highest BCUT2D eigenvalue weighted by atomic mass is 35.5. The summed E-state index contributed by atoms with van der Waals surface area (Å²) in [6.07, 6.45) is 3.52. The number of unbranched alkanes of at least 4 members (excludes halogenated alkanes) is 2. The molecule has 1 aromatic heterocycles. The highest BCUT2D eigenvalue weighted by molar-refractivity contribution is 7.89. The van der Waals surface area contributed by atoms with E-state index in [1.54, 1.807) is 17.5 Å². The average Bonchev–Trinajstić information content (AvgIpc) is 3.14. The Morgan fingerprint density at radius 2 is 1.86 bits per heavy atom. The third kappa shape index (κ3) is 6.27. The largest absolute Gasteiger partial charge is 0.351 e. The summed E-state index contributed by atoms with van der Waals surface area (Å²) in [5.74, 6) is -0.225. The van der Waals surface area contributed by atoms with E-state index in [4.69, 9.17) is 11.6 Å². The first kappa shape index (κ1) is 22.8. The Kier molecular flexibility index (Phi) is 8.88. The van der Waals surface area contributed by atoms with Gasteiger partial charge in [-0.3, -0.25) is 4.79 Å². The van der Waals surface area contributed by atoms with Crippen LogP contribution in [0.2, 0.25) is 5.02 Å². The summed E-state index contributed by atoms with van der Waals surface area (Å²) < 4.78 is 27.5. The molecule has 2 rings (SSSR count). The Morgan fingerprint density at radius 3 is 2.50 bits per heavy atom.